The van der Waals surface area contributed by atoms with Gasteiger partial charge in [-0.3, -0.25) is 4.90 Å². The number of likely N-dealkylation sites (tertiary alicyclic amines) is 1. The first kappa shape index (κ1) is 11.5. The molecule has 1 atom stereocenters. The maximum Gasteiger partial charge on any atom is 0.0866 e. The van der Waals surface area contributed by atoms with Gasteiger partial charge in [-0.2, -0.15) is 5.26 Å². The molecule has 3 nitrogen and oxygen atoms in total. The first-order valence-electron chi connectivity index (χ1n) is 5.66. The fourth-order valence-electron chi connectivity index (χ4n) is 2.04. The highest BCUT2D eigenvalue weighted by Gasteiger charge is 2.18. The van der Waals surface area contributed by atoms with E-state index in [4.69, 9.17) is 5.26 Å². The zero-order chi connectivity index (χ0) is 10.2. The second kappa shape index (κ2) is 6.80. The lowest BCUT2D eigenvalue weighted by molar-refractivity contribution is 0.190. The molecule has 1 aliphatic heterocycles. The monoisotopic (exact) mass is 195 g/mol. The van der Waals surface area contributed by atoms with Crippen molar-refractivity contribution in [2.24, 2.45) is 5.92 Å². The molecule has 3 heteroatoms. The van der Waals surface area contributed by atoms with E-state index in [0.717, 1.165) is 32.1 Å². The molecule has 14 heavy (non-hydrogen) atoms. The molecule has 0 saturated carbocycles. The standard InChI is InChI=1S/C11H21N3/c1-2-6-13-9-11-4-3-7-14(10-11)8-5-12/h11,13H,2-4,6-10H2,1H3. The zero-order valence-electron chi connectivity index (χ0n) is 9.13. The molecular weight excluding hydrogens is 174 g/mol. The van der Waals surface area contributed by atoms with Gasteiger partial charge in [0.2, 0.25) is 0 Å². The van der Waals surface area contributed by atoms with E-state index in [1.54, 1.807) is 0 Å². The van der Waals surface area contributed by atoms with Crippen LogP contribution in [0, 0.1) is 17.2 Å². The summed E-state index contributed by atoms with van der Waals surface area (Å²) in [6.45, 7) is 7.24. The SMILES string of the molecule is CCCNCC1CCCN(CC#N)C1. The molecule has 0 aromatic carbocycles. The van der Waals surface area contributed by atoms with Gasteiger partial charge in [-0.05, 0) is 44.8 Å². The third-order valence-electron chi connectivity index (χ3n) is 2.76. The Morgan fingerprint density at radius 2 is 2.43 bits per heavy atom. The van der Waals surface area contributed by atoms with Crippen molar-refractivity contribution in [3.63, 3.8) is 0 Å². The van der Waals surface area contributed by atoms with E-state index in [1.807, 2.05) is 0 Å². The minimum absolute atomic E-state index is 0.601. The molecule has 80 valence electrons. The fraction of sp³-hybridized carbons (Fsp3) is 0.909. The molecule has 0 aromatic rings. The Morgan fingerprint density at radius 1 is 1.57 bits per heavy atom. The molecule has 1 N–H and O–H groups in total. The molecule has 0 bridgehead atoms. The summed E-state index contributed by atoms with van der Waals surface area (Å²) in [5.74, 6) is 0.753. The molecule has 1 heterocycles. The van der Waals surface area contributed by atoms with Crippen molar-refractivity contribution in [2.75, 3.05) is 32.7 Å². The van der Waals surface area contributed by atoms with Crippen LogP contribution in [-0.4, -0.2) is 37.6 Å². The number of hydrogen-bond donors (Lipinski definition) is 1. The number of hydrogen-bond acceptors (Lipinski definition) is 3. The molecule has 1 saturated heterocycles. The highest BCUT2D eigenvalue weighted by atomic mass is 15.1. The minimum Gasteiger partial charge on any atom is -0.316 e. The second-order valence-corrected chi connectivity index (χ2v) is 4.11. The van der Waals surface area contributed by atoms with Gasteiger partial charge in [0.15, 0.2) is 0 Å². The van der Waals surface area contributed by atoms with Gasteiger partial charge in [-0.1, -0.05) is 6.92 Å². The Kier molecular flexibility index (Phi) is 5.58. The van der Waals surface area contributed by atoms with E-state index in [0.29, 0.717) is 6.54 Å². The molecule has 0 amide bonds. The Bertz CT molecular complexity index is 185. The van der Waals surface area contributed by atoms with Gasteiger partial charge >= 0.3 is 0 Å². The summed E-state index contributed by atoms with van der Waals surface area (Å²) in [5, 5.41) is 12.1. The Labute approximate surface area is 87.1 Å². The molecule has 0 radical (unpaired) electrons. The Hall–Kier alpha value is -0.590. The van der Waals surface area contributed by atoms with Crippen LogP contribution >= 0.6 is 0 Å². The number of nitrogens with one attached hydrogen (secondary N) is 1. The largest absolute Gasteiger partial charge is 0.316 e. The van der Waals surface area contributed by atoms with Crippen LogP contribution in [0.2, 0.25) is 0 Å². The van der Waals surface area contributed by atoms with Gasteiger partial charge in [0.05, 0.1) is 12.6 Å². The van der Waals surface area contributed by atoms with Crippen LogP contribution in [0.3, 0.4) is 0 Å². The van der Waals surface area contributed by atoms with Crippen LogP contribution in [0.1, 0.15) is 26.2 Å². The molecule has 1 fully saturated rings. The average Bonchev–Trinajstić information content (AvgIpc) is 2.19. The maximum atomic E-state index is 8.61. The summed E-state index contributed by atoms with van der Waals surface area (Å²) >= 11 is 0. The van der Waals surface area contributed by atoms with E-state index in [-0.39, 0.29) is 0 Å². The summed E-state index contributed by atoms with van der Waals surface area (Å²) in [6, 6.07) is 2.23. The smallest absolute Gasteiger partial charge is 0.0866 e. The van der Waals surface area contributed by atoms with Crippen molar-refractivity contribution in [2.45, 2.75) is 26.2 Å². The molecule has 0 aromatic heterocycles. The van der Waals surface area contributed by atoms with Crippen molar-refractivity contribution >= 4 is 0 Å². The summed E-state index contributed by atoms with van der Waals surface area (Å²) in [5.41, 5.74) is 0. The molecule has 0 spiro atoms. The van der Waals surface area contributed by atoms with Crippen LogP contribution in [0.4, 0.5) is 0 Å². The third kappa shape index (κ3) is 4.08. The first-order chi connectivity index (χ1) is 6.86. The zero-order valence-corrected chi connectivity index (χ0v) is 9.13. The van der Waals surface area contributed by atoms with Gasteiger partial charge in [-0.15, -0.1) is 0 Å². The number of nitrogens with zero attached hydrogens (tertiary/aromatic N) is 2. The summed E-state index contributed by atoms with van der Waals surface area (Å²) in [6.07, 6.45) is 3.77. The maximum absolute atomic E-state index is 8.61. The lowest BCUT2D eigenvalue weighted by atomic mass is 9.98. The van der Waals surface area contributed by atoms with E-state index in [1.165, 1.54) is 19.3 Å². The summed E-state index contributed by atoms with van der Waals surface area (Å²) in [4.78, 5) is 2.27. The molecule has 1 aliphatic rings. The first-order valence-corrected chi connectivity index (χ1v) is 5.66. The molecule has 1 rings (SSSR count). The van der Waals surface area contributed by atoms with Gasteiger partial charge in [0.25, 0.3) is 0 Å². The molecule has 0 aliphatic carbocycles. The van der Waals surface area contributed by atoms with E-state index in [2.05, 4.69) is 23.2 Å². The number of nitriles is 1. The summed E-state index contributed by atoms with van der Waals surface area (Å²) in [7, 11) is 0. The van der Waals surface area contributed by atoms with Crippen LogP contribution < -0.4 is 5.32 Å². The predicted octanol–water partition coefficient (Wildman–Crippen LogP) is 1.22. The number of piperidine rings is 1. The predicted molar refractivity (Wildman–Crippen MR) is 57.9 cm³/mol. The second-order valence-electron chi connectivity index (χ2n) is 4.11. The fourth-order valence-corrected chi connectivity index (χ4v) is 2.04. The third-order valence-corrected chi connectivity index (χ3v) is 2.76. The van der Waals surface area contributed by atoms with Crippen LogP contribution in [0.5, 0.6) is 0 Å². The average molecular weight is 195 g/mol. The highest BCUT2D eigenvalue weighted by molar-refractivity contribution is 4.81. The van der Waals surface area contributed by atoms with Crippen molar-refractivity contribution in [3.05, 3.63) is 0 Å². The summed E-state index contributed by atoms with van der Waals surface area (Å²) < 4.78 is 0. The Morgan fingerprint density at radius 3 is 3.14 bits per heavy atom. The lowest BCUT2D eigenvalue weighted by Crippen LogP contribution is -2.39. The van der Waals surface area contributed by atoms with E-state index >= 15 is 0 Å². The minimum atomic E-state index is 0.601. The highest BCUT2D eigenvalue weighted by Crippen LogP contribution is 2.14. The van der Waals surface area contributed by atoms with E-state index in [9.17, 15) is 0 Å². The molecular formula is C11H21N3. The quantitative estimate of drug-likeness (QED) is 0.529. The normalized spacial score (nSPS) is 23.3. The Balaban J connectivity index is 2.16. The number of rotatable bonds is 5. The molecule has 1 unspecified atom stereocenters. The van der Waals surface area contributed by atoms with Crippen molar-refractivity contribution in [1.82, 2.24) is 10.2 Å². The van der Waals surface area contributed by atoms with E-state index < -0.39 is 0 Å². The van der Waals surface area contributed by atoms with Gasteiger partial charge in [-0.25, -0.2) is 0 Å². The van der Waals surface area contributed by atoms with Gasteiger partial charge in [0, 0.05) is 6.54 Å². The van der Waals surface area contributed by atoms with Gasteiger partial charge < -0.3 is 5.32 Å². The van der Waals surface area contributed by atoms with Crippen LogP contribution in [0.15, 0.2) is 0 Å². The van der Waals surface area contributed by atoms with Crippen molar-refractivity contribution in [1.29, 1.82) is 5.26 Å². The van der Waals surface area contributed by atoms with Crippen LogP contribution in [0.25, 0.3) is 0 Å². The van der Waals surface area contributed by atoms with Crippen molar-refractivity contribution < 1.29 is 0 Å². The van der Waals surface area contributed by atoms with Crippen LogP contribution in [-0.2, 0) is 0 Å². The van der Waals surface area contributed by atoms with Gasteiger partial charge in [0.1, 0.15) is 0 Å². The lowest BCUT2D eigenvalue weighted by Gasteiger charge is -2.31. The topological polar surface area (TPSA) is 39.1 Å². The van der Waals surface area contributed by atoms with Crippen molar-refractivity contribution in [3.8, 4) is 6.07 Å².